The largest absolute Gasteiger partial charge is 0.495 e. The Labute approximate surface area is 111 Å². The van der Waals surface area contributed by atoms with Gasteiger partial charge in [0, 0.05) is 0 Å². The smallest absolute Gasteiger partial charge is 0.322 e. The maximum Gasteiger partial charge on any atom is 0.322 e. The Morgan fingerprint density at radius 3 is 2.53 bits per heavy atom. The Morgan fingerprint density at radius 1 is 1.21 bits per heavy atom. The summed E-state index contributed by atoms with van der Waals surface area (Å²) >= 11 is 0. The van der Waals surface area contributed by atoms with Crippen LogP contribution in [0.3, 0.4) is 0 Å². The molecule has 3 amide bonds. The molecule has 0 saturated heterocycles. The van der Waals surface area contributed by atoms with E-state index in [2.05, 4.69) is 10.6 Å². The molecule has 100 valence electrons. The molecule has 19 heavy (non-hydrogen) atoms. The Hall–Kier alpha value is -2.30. The van der Waals surface area contributed by atoms with Gasteiger partial charge in [0.1, 0.15) is 11.8 Å². The monoisotopic (exact) mass is 260 g/mol. The first-order chi connectivity index (χ1) is 9.13. The standard InChI is InChI=1S/C14H16N2O3/c1-3-19-12-9(2)13(17)16-14(18)15-11(12)10-7-5-4-6-8-10/h4-8,11H,3H2,1-2H3,(H2,15,16,17,18). The summed E-state index contributed by atoms with van der Waals surface area (Å²) in [6.07, 6.45) is 0. The predicted octanol–water partition coefficient (Wildman–Crippen LogP) is 1.88. The van der Waals surface area contributed by atoms with Gasteiger partial charge >= 0.3 is 6.03 Å². The minimum absolute atomic E-state index is 0.411. The summed E-state index contributed by atoms with van der Waals surface area (Å²) < 4.78 is 5.56. The third kappa shape index (κ3) is 2.76. The molecule has 1 heterocycles. The Morgan fingerprint density at radius 2 is 1.89 bits per heavy atom. The molecule has 0 aromatic heterocycles. The molecule has 1 atom stereocenters. The molecule has 1 aromatic rings. The van der Waals surface area contributed by atoms with Crippen molar-refractivity contribution in [1.82, 2.24) is 10.6 Å². The molecule has 1 aliphatic heterocycles. The van der Waals surface area contributed by atoms with Crippen LogP contribution < -0.4 is 10.6 Å². The van der Waals surface area contributed by atoms with E-state index in [9.17, 15) is 9.59 Å². The van der Waals surface area contributed by atoms with Gasteiger partial charge in [-0.1, -0.05) is 30.3 Å². The molecule has 0 spiro atoms. The lowest BCUT2D eigenvalue weighted by atomic mass is 10.0. The second-order valence-corrected chi connectivity index (χ2v) is 4.19. The zero-order chi connectivity index (χ0) is 13.8. The van der Waals surface area contributed by atoms with Crippen LogP contribution in [0.5, 0.6) is 0 Å². The van der Waals surface area contributed by atoms with Crippen LogP contribution in [-0.2, 0) is 9.53 Å². The number of hydrogen-bond acceptors (Lipinski definition) is 3. The lowest BCUT2D eigenvalue weighted by Gasteiger charge is -2.20. The topological polar surface area (TPSA) is 67.4 Å². The van der Waals surface area contributed by atoms with E-state index in [4.69, 9.17) is 4.74 Å². The van der Waals surface area contributed by atoms with Crippen LogP contribution in [0.15, 0.2) is 41.7 Å². The molecule has 0 bridgehead atoms. The van der Waals surface area contributed by atoms with Gasteiger partial charge in [0.05, 0.1) is 12.2 Å². The molecule has 1 unspecified atom stereocenters. The second kappa shape index (κ2) is 5.56. The zero-order valence-electron chi connectivity index (χ0n) is 10.9. The van der Waals surface area contributed by atoms with Gasteiger partial charge in [0.15, 0.2) is 0 Å². The molecule has 0 saturated carbocycles. The second-order valence-electron chi connectivity index (χ2n) is 4.19. The van der Waals surface area contributed by atoms with E-state index < -0.39 is 18.0 Å². The molecular weight excluding hydrogens is 244 g/mol. The molecule has 5 nitrogen and oxygen atoms in total. The fourth-order valence-corrected chi connectivity index (χ4v) is 1.99. The fourth-order valence-electron chi connectivity index (χ4n) is 1.99. The first-order valence-electron chi connectivity index (χ1n) is 6.13. The number of rotatable bonds is 3. The van der Waals surface area contributed by atoms with Crippen LogP contribution in [0.1, 0.15) is 25.5 Å². The number of imide groups is 1. The Balaban J connectivity index is 2.47. The van der Waals surface area contributed by atoms with Crippen molar-refractivity contribution in [2.45, 2.75) is 19.9 Å². The van der Waals surface area contributed by atoms with Gasteiger partial charge in [0.2, 0.25) is 0 Å². The summed E-state index contributed by atoms with van der Waals surface area (Å²) in [5.41, 5.74) is 1.28. The van der Waals surface area contributed by atoms with Crippen molar-refractivity contribution in [3.63, 3.8) is 0 Å². The first-order valence-corrected chi connectivity index (χ1v) is 6.13. The fraction of sp³-hybridized carbons (Fsp3) is 0.286. The van der Waals surface area contributed by atoms with Crippen molar-refractivity contribution in [3.05, 3.63) is 47.2 Å². The number of urea groups is 1. The van der Waals surface area contributed by atoms with Crippen molar-refractivity contribution in [2.75, 3.05) is 6.61 Å². The lowest BCUT2D eigenvalue weighted by Crippen LogP contribution is -2.38. The highest BCUT2D eigenvalue weighted by molar-refractivity contribution is 6.05. The van der Waals surface area contributed by atoms with Crippen molar-refractivity contribution in [3.8, 4) is 0 Å². The van der Waals surface area contributed by atoms with E-state index in [0.29, 0.717) is 17.9 Å². The van der Waals surface area contributed by atoms with Gasteiger partial charge in [-0.2, -0.15) is 0 Å². The summed E-state index contributed by atoms with van der Waals surface area (Å²) in [5, 5.41) is 4.99. The van der Waals surface area contributed by atoms with E-state index in [-0.39, 0.29) is 0 Å². The van der Waals surface area contributed by atoms with Crippen molar-refractivity contribution in [2.24, 2.45) is 0 Å². The highest BCUT2D eigenvalue weighted by Crippen LogP contribution is 2.26. The maximum absolute atomic E-state index is 11.8. The molecule has 5 heteroatoms. The van der Waals surface area contributed by atoms with Gasteiger partial charge < -0.3 is 10.1 Å². The quantitative estimate of drug-likeness (QED) is 0.872. The van der Waals surface area contributed by atoms with E-state index in [0.717, 1.165) is 5.56 Å². The zero-order valence-corrected chi connectivity index (χ0v) is 10.9. The third-order valence-electron chi connectivity index (χ3n) is 2.91. The number of amides is 3. The van der Waals surface area contributed by atoms with E-state index in [1.165, 1.54) is 0 Å². The summed E-state index contributed by atoms with van der Waals surface area (Å²) in [4.78, 5) is 23.4. The molecule has 2 N–H and O–H groups in total. The average Bonchev–Trinajstić information content (AvgIpc) is 2.52. The Bertz CT molecular complexity index is 523. The van der Waals surface area contributed by atoms with E-state index in [1.54, 1.807) is 6.92 Å². The van der Waals surface area contributed by atoms with Crippen molar-refractivity contribution < 1.29 is 14.3 Å². The number of carbonyl (C=O) groups is 2. The highest BCUT2D eigenvalue weighted by atomic mass is 16.5. The number of ether oxygens (including phenoxy) is 1. The van der Waals surface area contributed by atoms with Crippen LogP contribution in [0.4, 0.5) is 4.79 Å². The van der Waals surface area contributed by atoms with Gasteiger partial charge in [-0.05, 0) is 19.4 Å². The van der Waals surface area contributed by atoms with Crippen LogP contribution in [0.25, 0.3) is 0 Å². The number of benzene rings is 1. The minimum atomic E-state index is -0.520. The third-order valence-corrected chi connectivity index (χ3v) is 2.91. The molecule has 2 rings (SSSR count). The Kier molecular flexibility index (Phi) is 3.85. The van der Waals surface area contributed by atoms with Crippen LogP contribution in [-0.4, -0.2) is 18.5 Å². The SMILES string of the molecule is CCOC1=C(C)C(=O)NC(=O)NC1c1ccccc1. The summed E-state index contributed by atoms with van der Waals surface area (Å²) in [5.74, 6) is 0.0523. The van der Waals surface area contributed by atoms with Gasteiger partial charge in [-0.25, -0.2) is 4.79 Å². The van der Waals surface area contributed by atoms with Gasteiger partial charge in [-0.3, -0.25) is 10.1 Å². The molecule has 1 aromatic carbocycles. The van der Waals surface area contributed by atoms with Crippen LogP contribution in [0, 0.1) is 0 Å². The molecule has 1 aliphatic rings. The van der Waals surface area contributed by atoms with E-state index in [1.807, 2.05) is 37.3 Å². The number of nitrogens with one attached hydrogen (secondary N) is 2. The summed E-state index contributed by atoms with van der Waals surface area (Å²) in [7, 11) is 0. The van der Waals surface area contributed by atoms with Crippen LogP contribution in [0.2, 0.25) is 0 Å². The highest BCUT2D eigenvalue weighted by Gasteiger charge is 2.29. The van der Waals surface area contributed by atoms with Gasteiger partial charge in [-0.15, -0.1) is 0 Å². The minimum Gasteiger partial charge on any atom is -0.495 e. The number of carbonyl (C=O) groups excluding carboxylic acids is 2. The van der Waals surface area contributed by atoms with Crippen molar-refractivity contribution >= 4 is 11.9 Å². The molecule has 0 aliphatic carbocycles. The van der Waals surface area contributed by atoms with Gasteiger partial charge in [0.25, 0.3) is 5.91 Å². The maximum atomic E-state index is 11.8. The lowest BCUT2D eigenvalue weighted by molar-refractivity contribution is -0.116. The normalized spacial score (nSPS) is 19.6. The van der Waals surface area contributed by atoms with Crippen molar-refractivity contribution in [1.29, 1.82) is 0 Å². The summed E-state index contributed by atoms with van der Waals surface area (Å²) in [6.45, 7) is 3.92. The summed E-state index contributed by atoms with van der Waals surface area (Å²) in [6, 6.07) is 8.43. The molecular formula is C14H16N2O3. The molecule has 0 fully saturated rings. The number of hydrogen-bond donors (Lipinski definition) is 2. The first kappa shape index (κ1) is 13.1. The van der Waals surface area contributed by atoms with Crippen LogP contribution >= 0.6 is 0 Å². The average molecular weight is 260 g/mol. The predicted molar refractivity (Wildman–Crippen MR) is 70.2 cm³/mol. The van der Waals surface area contributed by atoms with E-state index >= 15 is 0 Å². The molecule has 0 radical (unpaired) electrons.